The van der Waals surface area contributed by atoms with Crippen LogP contribution in [0.2, 0.25) is 0 Å². The van der Waals surface area contributed by atoms with Gasteiger partial charge in [-0.2, -0.15) is 4.98 Å². The maximum Gasteiger partial charge on any atom is 0.272 e. The topological polar surface area (TPSA) is 95.5 Å². The van der Waals surface area contributed by atoms with Gasteiger partial charge in [0.2, 0.25) is 5.78 Å². The molecule has 1 aromatic carbocycles. The van der Waals surface area contributed by atoms with Gasteiger partial charge in [0.05, 0.1) is 5.69 Å². The first-order chi connectivity index (χ1) is 13.6. The smallest absolute Gasteiger partial charge is 0.272 e. The molecule has 0 aliphatic rings. The zero-order valence-electron chi connectivity index (χ0n) is 15.5. The number of unbranched alkanes of at least 4 members (excludes halogenated alkanes) is 1. The Morgan fingerprint density at radius 2 is 2.11 bits per heavy atom. The fourth-order valence-electron chi connectivity index (χ4n) is 2.59. The van der Waals surface area contributed by atoms with E-state index in [4.69, 9.17) is 17.0 Å². The van der Waals surface area contributed by atoms with Gasteiger partial charge >= 0.3 is 0 Å². The second kappa shape index (κ2) is 9.23. The molecule has 2 heterocycles. The number of aromatic nitrogens is 3. The fourth-order valence-corrected chi connectivity index (χ4v) is 2.76. The highest BCUT2D eigenvalue weighted by Crippen LogP contribution is 2.18. The standard InChI is InChI=1S/C20H21ClN6O/c1-2-3-10-23-18(15(21)12-22)19(28)25-17-9-11-27-13-16(24-20(27)26-17)14-7-5-4-6-8-14/h4-9,11-13,15,22H,2-3,10H2,1H3,(H,24,25,26,28). The van der Waals surface area contributed by atoms with Crippen LogP contribution in [0.15, 0.2) is 53.8 Å². The zero-order valence-corrected chi connectivity index (χ0v) is 16.2. The Labute approximate surface area is 168 Å². The molecule has 0 radical (unpaired) electrons. The van der Waals surface area contributed by atoms with Crippen molar-refractivity contribution in [2.75, 3.05) is 11.9 Å². The summed E-state index contributed by atoms with van der Waals surface area (Å²) in [5.74, 6) is 0.349. The Hall–Kier alpha value is -3.06. The summed E-state index contributed by atoms with van der Waals surface area (Å²) in [5.41, 5.74) is 1.89. The van der Waals surface area contributed by atoms with Gasteiger partial charge in [0, 0.05) is 30.7 Å². The summed E-state index contributed by atoms with van der Waals surface area (Å²) in [5, 5.41) is 9.16. The summed E-state index contributed by atoms with van der Waals surface area (Å²) in [6.07, 6.45) is 6.45. The highest BCUT2D eigenvalue weighted by molar-refractivity contribution is 6.57. The summed E-state index contributed by atoms with van der Waals surface area (Å²) in [6, 6.07) is 11.5. The Balaban J connectivity index is 1.82. The van der Waals surface area contributed by atoms with Crippen LogP contribution >= 0.6 is 11.6 Å². The lowest BCUT2D eigenvalue weighted by Gasteiger charge is -2.09. The van der Waals surface area contributed by atoms with Crippen molar-refractivity contribution in [2.24, 2.45) is 4.99 Å². The largest absolute Gasteiger partial charge is 0.311 e. The van der Waals surface area contributed by atoms with Gasteiger partial charge in [-0.3, -0.25) is 14.2 Å². The predicted molar refractivity (Wildman–Crippen MR) is 113 cm³/mol. The molecule has 1 amide bonds. The molecule has 1 atom stereocenters. The third kappa shape index (κ3) is 4.61. The first-order valence-electron chi connectivity index (χ1n) is 9.04. The minimum Gasteiger partial charge on any atom is -0.311 e. The van der Waals surface area contributed by atoms with Crippen molar-refractivity contribution >= 4 is 41.0 Å². The van der Waals surface area contributed by atoms with Crippen LogP contribution in [0.1, 0.15) is 19.8 Å². The molecule has 0 spiro atoms. The number of amides is 1. The van der Waals surface area contributed by atoms with Crippen molar-refractivity contribution in [2.45, 2.75) is 25.1 Å². The Morgan fingerprint density at radius 1 is 1.32 bits per heavy atom. The number of halogens is 1. The molecule has 144 valence electrons. The number of fused-ring (bicyclic) bond motifs is 1. The number of hydrogen-bond acceptors (Lipinski definition) is 5. The van der Waals surface area contributed by atoms with E-state index in [1.807, 2.05) is 43.5 Å². The first-order valence-corrected chi connectivity index (χ1v) is 9.47. The predicted octanol–water partition coefficient (Wildman–Crippen LogP) is 3.83. The third-order valence-corrected chi connectivity index (χ3v) is 4.40. The lowest BCUT2D eigenvalue weighted by molar-refractivity contribution is -0.110. The normalized spacial score (nSPS) is 12.7. The molecule has 2 N–H and O–H groups in total. The third-order valence-electron chi connectivity index (χ3n) is 4.07. The Kier molecular flexibility index (Phi) is 6.49. The SMILES string of the molecule is CCCCN=C(C(=O)Nc1ccn2cc(-c3ccccc3)nc2n1)C(Cl)C=N. The summed E-state index contributed by atoms with van der Waals surface area (Å²) < 4.78 is 1.79. The number of anilines is 1. The second-order valence-corrected chi connectivity index (χ2v) is 6.63. The molecule has 0 fully saturated rings. The molecule has 0 aliphatic heterocycles. The number of alkyl halides is 1. The lowest BCUT2D eigenvalue weighted by Crippen LogP contribution is -2.32. The number of aliphatic imine (C=N–C) groups is 1. The van der Waals surface area contributed by atoms with Crippen molar-refractivity contribution in [3.8, 4) is 11.3 Å². The molecular weight excluding hydrogens is 376 g/mol. The van der Waals surface area contributed by atoms with E-state index >= 15 is 0 Å². The van der Waals surface area contributed by atoms with E-state index in [9.17, 15) is 4.79 Å². The van der Waals surface area contributed by atoms with Gasteiger partial charge in [0.15, 0.2) is 0 Å². The number of imidazole rings is 1. The van der Waals surface area contributed by atoms with Gasteiger partial charge in [-0.15, -0.1) is 11.6 Å². The van der Waals surface area contributed by atoms with E-state index in [-0.39, 0.29) is 5.71 Å². The molecule has 7 nitrogen and oxygen atoms in total. The zero-order chi connectivity index (χ0) is 19.9. The molecule has 1 unspecified atom stereocenters. The van der Waals surface area contributed by atoms with Gasteiger partial charge < -0.3 is 10.7 Å². The first kappa shape index (κ1) is 19.7. The van der Waals surface area contributed by atoms with Crippen LogP contribution in [-0.2, 0) is 4.79 Å². The molecular formula is C20H21ClN6O. The van der Waals surface area contributed by atoms with E-state index in [1.165, 1.54) is 0 Å². The van der Waals surface area contributed by atoms with Crippen LogP contribution in [0.5, 0.6) is 0 Å². The van der Waals surface area contributed by atoms with Gasteiger partial charge in [-0.1, -0.05) is 43.7 Å². The molecule has 0 aliphatic carbocycles. The number of carbonyl (C=O) groups is 1. The average Bonchev–Trinajstić information content (AvgIpc) is 3.14. The molecule has 3 rings (SSSR count). The van der Waals surface area contributed by atoms with Crippen LogP contribution in [0.25, 0.3) is 17.0 Å². The van der Waals surface area contributed by atoms with E-state index in [1.54, 1.807) is 16.7 Å². The molecule has 0 saturated heterocycles. The fraction of sp³-hybridized carbons (Fsp3) is 0.250. The summed E-state index contributed by atoms with van der Waals surface area (Å²) in [4.78, 5) is 25.7. The quantitative estimate of drug-likeness (QED) is 0.344. The second-order valence-electron chi connectivity index (χ2n) is 6.16. The van der Waals surface area contributed by atoms with E-state index < -0.39 is 11.3 Å². The highest BCUT2D eigenvalue weighted by Gasteiger charge is 2.20. The van der Waals surface area contributed by atoms with Crippen molar-refractivity contribution in [3.05, 3.63) is 48.8 Å². The Bertz CT molecular complexity index is 998. The highest BCUT2D eigenvalue weighted by atomic mass is 35.5. The van der Waals surface area contributed by atoms with Gasteiger partial charge in [-0.05, 0) is 12.5 Å². The van der Waals surface area contributed by atoms with Crippen LogP contribution in [-0.4, -0.2) is 44.1 Å². The van der Waals surface area contributed by atoms with Crippen molar-refractivity contribution in [1.82, 2.24) is 14.4 Å². The van der Waals surface area contributed by atoms with Crippen LogP contribution in [0.4, 0.5) is 5.82 Å². The van der Waals surface area contributed by atoms with Crippen LogP contribution in [0.3, 0.4) is 0 Å². The molecule has 8 heteroatoms. The number of nitrogens with one attached hydrogen (secondary N) is 2. The number of benzene rings is 1. The van der Waals surface area contributed by atoms with Crippen LogP contribution in [0, 0.1) is 5.41 Å². The maximum absolute atomic E-state index is 12.6. The molecule has 0 saturated carbocycles. The van der Waals surface area contributed by atoms with Crippen molar-refractivity contribution < 1.29 is 4.79 Å². The number of rotatable bonds is 8. The average molecular weight is 397 g/mol. The van der Waals surface area contributed by atoms with Gasteiger partial charge in [0.25, 0.3) is 5.91 Å². The van der Waals surface area contributed by atoms with E-state index in [0.717, 1.165) is 30.3 Å². The summed E-state index contributed by atoms with van der Waals surface area (Å²) >= 11 is 6.07. The minimum atomic E-state index is -0.878. The lowest BCUT2D eigenvalue weighted by atomic mass is 10.2. The van der Waals surface area contributed by atoms with E-state index in [2.05, 4.69) is 20.3 Å². The maximum atomic E-state index is 12.6. The van der Waals surface area contributed by atoms with Crippen molar-refractivity contribution in [1.29, 1.82) is 5.41 Å². The molecule has 0 bridgehead atoms. The Morgan fingerprint density at radius 3 is 2.82 bits per heavy atom. The van der Waals surface area contributed by atoms with E-state index in [0.29, 0.717) is 18.1 Å². The van der Waals surface area contributed by atoms with Crippen molar-refractivity contribution in [3.63, 3.8) is 0 Å². The number of carbonyl (C=O) groups excluding carboxylic acids is 1. The molecule has 2 aromatic heterocycles. The summed E-state index contributed by atoms with van der Waals surface area (Å²) in [6.45, 7) is 2.53. The molecule has 3 aromatic rings. The number of nitrogens with zero attached hydrogens (tertiary/aromatic N) is 4. The number of hydrogen-bond donors (Lipinski definition) is 2. The summed E-state index contributed by atoms with van der Waals surface area (Å²) in [7, 11) is 0. The minimum absolute atomic E-state index is 0.111. The monoisotopic (exact) mass is 396 g/mol. The van der Waals surface area contributed by atoms with Gasteiger partial charge in [-0.25, -0.2) is 4.98 Å². The van der Waals surface area contributed by atoms with Crippen LogP contribution < -0.4 is 5.32 Å². The van der Waals surface area contributed by atoms with Gasteiger partial charge in [0.1, 0.15) is 16.9 Å². The molecule has 28 heavy (non-hydrogen) atoms.